The molecule has 2 rings (SSSR count). The van der Waals surface area contributed by atoms with Crippen molar-refractivity contribution >= 4 is 12.0 Å². The summed E-state index contributed by atoms with van der Waals surface area (Å²) in [5.41, 5.74) is 2.30. The van der Waals surface area contributed by atoms with Crippen LogP contribution in [0.25, 0.3) is 0 Å². The van der Waals surface area contributed by atoms with Crippen LogP contribution in [-0.2, 0) is 10.3 Å². The molecule has 1 aromatic carbocycles. The zero-order valence-corrected chi connectivity index (χ0v) is 11.2. The number of aryl methyl sites for hydroxylation is 2. The number of carbonyl (C=O) groups excluding carboxylic acids is 1. The number of hydrogen-bond acceptors (Lipinski definition) is 3. The lowest BCUT2D eigenvalue weighted by atomic mass is 9.83. The van der Waals surface area contributed by atoms with E-state index < -0.39 is 11.5 Å². The molecule has 4 heteroatoms. The molecule has 1 fully saturated rings. The highest BCUT2D eigenvalue weighted by Gasteiger charge is 2.37. The van der Waals surface area contributed by atoms with Crippen LogP contribution in [0.1, 0.15) is 52.7 Å². The number of isocyanates is 1. The fraction of sp³-hybridized carbons (Fsp3) is 0.467. The highest BCUT2D eigenvalue weighted by atomic mass is 16.4. The van der Waals surface area contributed by atoms with E-state index in [1.807, 2.05) is 13.0 Å². The van der Waals surface area contributed by atoms with E-state index in [4.69, 9.17) is 0 Å². The first kappa shape index (κ1) is 13.5. The van der Waals surface area contributed by atoms with E-state index in [-0.39, 0.29) is 5.56 Å². The standard InChI is InChI=1S/C15H17NO3/c1-10-7-11(2)13(8-12(10)14(18)19)15(16-9-17)5-3-4-6-15/h7-8H,3-6H2,1-2H3,(H,18,19). The summed E-state index contributed by atoms with van der Waals surface area (Å²) in [4.78, 5) is 26.0. The molecule has 19 heavy (non-hydrogen) atoms. The van der Waals surface area contributed by atoms with Gasteiger partial charge in [-0.15, -0.1) is 0 Å². The average molecular weight is 259 g/mol. The summed E-state index contributed by atoms with van der Waals surface area (Å²) in [5.74, 6) is -0.943. The molecule has 1 aromatic rings. The molecule has 100 valence electrons. The molecule has 1 aliphatic rings. The van der Waals surface area contributed by atoms with Gasteiger partial charge in [0.05, 0.1) is 11.1 Å². The van der Waals surface area contributed by atoms with Crippen LogP contribution in [0, 0.1) is 13.8 Å². The number of benzene rings is 1. The molecule has 4 nitrogen and oxygen atoms in total. The van der Waals surface area contributed by atoms with Gasteiger partial charge in [0, 0.05) is 0 Å². The lowest BCUT2D eigenvalue weighted by molar-refractivity contribution is 0.0696. The van der Waals surface area contributed by atoms with Gasteiger partial charge in [0.25, 0.3) is 0 Å². The lowest BCUT2D eigenvalue weighted by Gasteiger charge is -2.25. The molecular weight excluding hydrogens is 242 g/mol. The number of rotatable bonds is 3. The van der Waals surface area contributed by atoms with Gasteiger partial charge in [-0.1, -0.05) is 18.9 Å². The summed E-state index contributed by atoms with van der Waals surface area (Å²) >= 11 is 0. The molecule has 0 radical (unpaired) electrons. The van der Waals surface area contributed by atoms with Crippen LogP contribution in [0.2, 0.25) is 0 Å². The summed E-state index contributed by atoms with van der Waals surface area (Å²) in [5, 5.41) is 9.23. The minimum atomic E-state index is -0.943. The normalized spacial score (nSPS) is 16.9. The first-order valence-corrected chi connectivity index (χ1v) is 6.44. The van der Waals surface area contributed by atoms with E-state index in [0.29, 0.717) is 0 Å². The summed E-state index contributed by atoms with van der Waals surface area (Å²) in [6.07, 6.45) is 5.23. The van der Waals surface area contributed by atoms with Crippen LogP contribution in [0.3, 0.4) is 0 Å². The number of hydrogen-bond donors (Lipinski definition) is 1. The van der Waals surface area contributed by atoms with Crippen molar-refractivity contribution < 1.29 is 14.7 Å². The van der Waals surface area contributed by atoms with E-state index in [1.165, 1.54) is 0 Å². The molecule has 0 spiro atoms. The quantitative estimate of drug-likeness (QED) is 0.670. The highest BCUT2D eigenvalue weighted by molar-refractivity contribution is 5.89. The van der Waals surface area contributed by atoms with E-state index in [9.17, 15) is 14.7 Å². The Kier molecular flexibility index (Phi) is 3.54. The monoisotopic (exact) mass is 259 g/mol. The number of aliphatic imine (C=N–C) groups is 1. The van der Waals surface area contributed by atoms with E-state index in [0.717, 1.165) is 42.4 Å². The van der Waals surface area contributed by atoms with Crippen molar-refractivity contribution in [2.45, 2.75) is 45.1 Å². The SMILES string of the molecule is Cc1cc(C)c(C2(N=C=O)CCCC2)cc1C(=O)O. The van der Waals surface area contributed by atoms with Crippen molar-refractivity contribution in [3.05, 3.63) is 34.4 Å². The number of carboxylic acids is 1. The largest absolute Gasteiger partial charge is 0.478 e. The zero-order valence-electron chi connectivity index (χ0n) is 11.2. The van der Waals surface area contributed by atoms with E-state index in [2.05, 4.69) is 4.99 Å². The van der Waals surface area contributed by atoms with Crippen LogP contribution in [0.5, 0.6) is 0 Å². The summed E-state index contributed by atoms with van der Waals surface area (Å²) in [6.45, 7) is 3.72. The smallest absolute Gasteiger partial charge is 0.335 e. The molecule has 1 aliphatic carbocycles. The molecule has 0 atom stereocenters. The average Bonchev–Trinajstić information content (AvgIpc) is 2.78. The fourth-order valence-electron chi connectivity index (χ4n) is 3.07. The van der Waals surface area contributed by atoms with Crippen molar-refractivity contribution in [2.75, 3.05) is 0 Å². The van der Waals surface area contributed by atoms with E-state index in [1.54, 1.807) is 19.1 Å². The topological polar surface area (TPSA) is 66.7 Å². The predicted molar refractivity (Wildman–Crippen MR) is 71.1 cm³/mol. The number of carboxylic acid groups (broad SMARTS) is 1. The maximum atomic E-state index is 11.3. The fourth-order valence-corrected chi connectivity index (χ4v) is 3.07. The minimum Gasteiger partial charge on any atom is -0.478 e. The molecule has 0 unspecified atom stereocenters. The van der Waals surface area contributed by atoms with Crippen LogP contribution in [-0.4, -0.2) is 17.2 Å². The first-order valence-electron chi connectivity index (χ1n) is 6.44. The number of nitrogens with zero attached hydrogens (tertiary/aromatic N) is 1. The van der Waals surface area contributed by atoms with Crippen molar-refractivity contribution in [1.82, 2.24) is 0 Å². The van der Waals surface area contributed by atoms with Gasteiger partial charge in [-0.3, -0.25) is 0 Å². The Labute approximate surface area is 112 Å². The second kappa shape index (κ2) is 4.98. The van der Waals surface area contributed by atoms with Gasteiger partial charge in [0.15, 0.2) is 0 Å². The van der Waals surface area contributed by atoms with Gasteiger partial charge in [-0.25, -0.2) is 9.59 Å². The maximum absolute atomic E-state index is 11.3. The first-order chi connectivity index (χ1) is 9.00. The summed E-state index contributed by atoms with van der Waals surface area (Å²) in [6, 6.07) is 3.54. The van der Waals surface area contributed by atoms with Gasteiger partial charge in [0.2, 0.25) is 6.08 Å². The summed E-state index contributed by atoms with van der Waals surface area (Å²) in [7, 11) is 0. The molecule has 0 bridgehead atoms. The Balaban J connectivity index is 2.63. The zero-order chi connectivity index (χ0) is 14.0. The highest BCUT2D eigenvalue weighted by Crippen LogP contribution is 2.43. The Morgan fingerprint density at radius 2 is 1.89 bits per heavy atom. The molecule has 1 saturated carbocycles. The second-order valence-corrected chi connectivity index (χ2v) is 5.23. The molecular formula is C15H17NO3. The van der Waals surface area contributed by atoms with Gasteiger partial charge in [-0.05, 0) is 49.4 Å². The van der Waals surface area contributed by atoms with Crippen molar-refractivity contribution in [2.24, 2.45) is 4.99 Å². The molecule has 0 aliphatic heterocycles. The Bertz CT molecular complexity index is 565. The third-order valence-corrected chi connectivity index (χ3v) is 3.99. The molecule has 0 saturated heterocycles. The molecule has 0 heterocycles. The lowest BCUT2D eigenvalue weighted by Crippen LogP contribution is -2.21. The Hall–Kier alpha value is -1.93. The van der Waals surface area contributed by atoms with Crippen LogP contribution in [0.4, 0.5) is 0 Å². The van der Waals surface area contributed by atoms with Gasteiger partial charge in [-0.2, -0.15) is 4.99 Å². The molecule has 0 amide bonds. The van der Waals surface area contributed by atoms with Crippen LogP contribution >= 0.6 is 0 Å². The van der Waals surface area contributed by atoms with E-state index >= 15 is 0 Å². The van der Waals surface area contributed by atoms with Crippen LogP contribution < -0.4 is 0 Å². The third-order valence-electron chi connectivity index (χ3n) is 3.99. The number of aromatic carboxylic acids is 1. The minimum absolute atomic E-state index is 0.285. The van der Waals surface area contributed by atoms with Gasteiger partial charge < -0.3 is 5.11 Å². The van der Waals surface area contributed by atoms with Crippen molar-refractivity contribution in [3.63, 3.8) is 0 Å². The predicted octanol–water partition coefficient (Wildman–Crippen LogP) is 3.11. The Morgan fingerprint density at radius 3 is 2.42 bits per heavy atom. The molecule has 1 N–H and O–H groups in total. The maximum Gasteiger partial charge on any atom is 0.335 e. The number of carbonyl (C=O) groups is 1. The molecule has 0 aromatic heterocycles. The van der Waals surface area contributed by atoms with Crippen molar-refractivity contribution in [3.8, 4) is 0 Å². The van der Waals surface area contributed by atoms with Crippen LogP contribution in [0.15, 0.2) is 17.1 Å². The summed E-state index contributed by atoms with van der Waals surface area (Å²) < 4.78 is 0. The van der Waals surface area contributed by atoms with Gasteiger partial charge in [0.1, 0.15) is 0 Å². The Morgan fingerprint density at radius 1 is 1.26 bits per heavy atom. The second-order valence-electron chi connectivity index (χ2n) is 5.23. The third kappa shape index (κ3) is 2.32. The van der Waals surface area contributed by atoms with Crippen molar-refractivity contribution in [1.29, 1.82) is 0 Å². The van der Waals surface area contributed by atoms with Gasteiger partial charge >= 0.3 is 5.97 Å².